The van der Waals surface area contributed by atoms with Gasteiger partial charge in [0.1, 0.15) is 73.5 Å². The van der Waals surface area contributed by atoms with Gasteiger partial charge in [-0.1, -0.05) is 133 Å². The van der Waals surface area contributed by atoms with E-state index < -0.39 is 179 Å². The third-order valence-electron chi connectivity index (χ3n) is 24.6. The number of nitrogens with one attached hydrogen (secondary N) is 6. The molecule has 3 aromatic carbocycles. The maximum Gasteiger partial charge on any atom is 0.307 e. The summed E-state index contributed by atoms with van der Waals surface area (Å²) < 4.78 is 97.0. The van der Waals surface area contributed by atoms with Crippen LogP contribution in [0, 0.1) is 17.8 Å². The van der Waals surface area contributed by atoms with E-state index in [4.69, 9.17) is 87.0 Å². The summed E-state index contributed by atoms with van der Waals surface area (Å²) in [5, 5.41) is 14.6. The van der Waals surface area contributed by atoms with Gasteiger partial charge in [0.25, 0.3) is 5.91 Å². The minimum absolute atomic E-state index is 0.0363. The molecule has 16 atom stereocenters. The number of unbranched alkanes of at least 4 members (excludes halogenated alkanes) is 13. The van der Waals surface area contributed by atoms with Crippen molar-refractivity contribution in [3.8, 4) is 11.5 Å². The molecule has 7 unspecified atom stereocenters. The number of hydrogen-bond donors (Lipinski definition) is 6. The molecule has 0 radical (unpaired) electrons. The first-order chi connectivity index (χ1) is 68.3. The molecule has 42 heteroatoms. The minimum atomic E-state index is -1.66. The van der Waals surface area contributed by atoms with E-state index in [0.717, 1.165) is 38.5 Å². The fourth-order valence-corrected chi connectivity index (χ4v) is 18.4. The first kappa shape index (κ1) is 122. The predicted molar refractivity (Wildman–Crippen MR) is 530 cm³/mol. The van der Waals surface area contributed by atoms with E-state index in [-0.39, 0.29) is 146 Å². The van der Waals surface area contributed by atoms with Crippen LogP contribution in [0.5, 0.6) is 11.5 Å². The molecule has 6 rings (SSSR count). The molecule has 39 nitrogen and oxygen atoms in total. The van der Waals surface area contributed by atoms with E-state index in [9.17, 15) is 67.1 Å². The minimum Gasteiger partial charge on any atom is -0.497 e. The van der Waals surface area contributed by atoms with Crippen molar-refractivity contribution in [2.45, 2.75) is 323 Å². The Hall–Kier alpha value is -10.1. The molecule has 0 aromatic heterocycles. The number of benzene rings is 3. The molecule has 3 saturated heterocycles. The van der Waals surface area contributed by atoms with Crippen molar-refractivity contribution in [2.75, 3.05) is 99.7 Å². The van der Waals surface area contributed by atoms with Crippen molar-refractivity contribution in [2.24, 2.45) is 17.8 Å². The number of ether oxygens (including phenoxy) is 16. The lowest BCUT2D eigenvalue weighted by Gasteiger charge is -2.44. The third kappa shape index (κ3) is 44.4. The van der Waals surface area contributed by atoms with Crippen molar-refractivity contribution in [1.82, 2.24) is 41.1 Å². The summed E-state index contributed by atoms with van der Waals surface area (Å²) in [5.74, 6) is -7.38. The molecule has 0 aliphatic carbocycles. The van der Waals surface area contributed by atoms with Gasteiger partial charge in [-0.2, -0.15) is 0 Å². The second kappa shape index (κ2) is 66.1. The maximum atomic E-state index is 15.9. The van der Waals surface area contributed by atoms with Gasteiger partial charge in [-0.05, 0) is 105 Å². The highest BCUT2D eigenvalue weighted by Crippen LogP contribution is 2.43. The molecule has 143 heavy (non-hydrogen) atoms. The van der Waals surface area contributed by atoms with Crippen molar-refractivity contribution < 1.29 is 148 Å². The monoisotopic (exact) mass is 2070 g/mol. The smallest absolute Gasteiger partial charge is 0.307 e. The number of esters is 7. The Morgan fingerprint density at radius 2 is 0.748 bits per heavy atom. The molecule has 800 valence electrons. The first-order valence-electron chi connectivity index (χ1n) is 49.6. The number of carbonyl (C=O) groups excluding carboxylic acids is 15. The number of hydrogen-bond acceptors (Lipinski definition) is 33. The van der Waals surface area contributed by atoms with E-state index in [0.29, 0.717) is 105 Å². The second-order valence-electron chi connectivity index (χ2n) is 36.1. The maximum absolute atomic E-state index is 15.9. The summed E-state index contributed by atoms with van der Waals surface area (Å²) in [5.41, 5.74) is 0.347. The molecule has 3 heterocycles. The summed E-state index contributed by atoms with van der Waals surface area (Å²) in [6, 6.07) is 21.7. The SMILES string of the molecule is COc1ccc(C(OCC(OC(=O)CCC(=O)N[S-](=P)=S)C(=O)N(CCCCN(CCCNC(=O)CCCCCCCO[C@@H]2OC(COC(C)=O)[C@H](OC(C)=O)[C@H](C)C2NC(C)=O)C(=O)CCCCCCCO[C@@H]2OC(COC(C)=O)[C@H](OC(C)=O)[C@H](C)C2NC(C)=O)CCCNC(=O)CCCCCCCO[C@@H]2OC(COC(C)=O)[C@H](OC(C)=O)[C@H](C)C2NC(C)=O)(c2ccccc2)c2ccc(OC)cc2)cc1. The van der Waals surface area contributed by atoms with Crippen LogP contribution in [0.3, 0.4) is 0 Å². The zero-order valence-corrected chi connectivity index (χ0v) is 87.9. The molecule has 6 N–H and O–H groups in total. The summed E-state index contributed by atoms with van der Waals surface area (Å²) >= 11 is 5.15. The average Bonchev–Trinajstić information content (AvgIpc) is 0.729. The van der Waals surface area contributed by atoms with Crippen LogP contribution in [0.15, 0.2) is 78.9 Å². The Kier molecular flexibility index (Phi) is 56.2. The number of nitrogens with zero attached hydrogens (tertiary/aromatic N) is 2. The lowest BCUT2D eigenvalue weighted by Crippen LogP contribution is -2.62. The van der Waals surface area contributed by atoms with Crippen LogP contribution in [0.1, 0.15) is 254 Å². The topological polar surface area (TPSA) is 482 Å². The normalized spacial score (nSPS) is 21.0. The van der Waals surface area contributed by atoms with Gasteiger partial charge in [0, 0.05) is 165 Å². The van der Waals surface area contributed by atoms with Crippen LogP contribution in [0.2, 0.25) is 0 Å². The molecule has 3 aliphatic rings. The highest BCUT2D eigenvalue weighted by molar-refractivity contribution is 8.38. The molecule has 0 bridgehead atoms. The zero-order chi connectivity index (χ0) is 105. The Morgan fingerprint density at radius 1 is 0.406 bits per heavy atom. The molecule has 8 amide bonds. The zero-order valence-electron chi connectivity index (χ0n) is 85.3. The molecule has 0 spiro atoms. The van der Waals surface area contributed by atoms with Crippen LogP contribution < -0.4 is 40.8 Å². The fraction of sp³-hybridized carbons (Fsp3) is 0.673. The average molecular weight is 2070 g/mol. The highest BCUT2D eigenvalue weighted by atomic mass is 32.9. The predicted octanol–water partition coefficient (Wildman–Crippen LogP) is 9.48. The van der Waals surface area contributed by atoms with Crippen molar-refractivity contribution >= 4 is 117 Å². The fourth-order valence-electron chi connectivity index (χ4n) is 17.4. The Bertz CT molecular complexity index is 4520. The quantitative estimate of drug-likeness (QED) is 0.00764. The summed E-state index contributed by atoms with van der Waals surface area (Å²) in [6.07, 6.45) is 1.51. The summed E-state index contributed by atoms with van der Waals surface area (Å²) in [7, 11) is 5.20. The van der Waals surface area contributed by atoms with Gasteiger partial charge in [-0.3, -0.25) is 88.8 Å². The molecular weight excluding hydrogens is 1920 g/mol. The highest BCUT2D eigenvalue weighted by Gasteiger charge is 2.51. The third-order valence-corrected chi connectivity index (χ3v) is 25.5. The molecular formula is C101H152N8O31PS2-. The van der Waals surface area contributed by atoms with E-state index in [1.165, 1.54) is 62.3 Å². The molecule has 0 saturated carbocycles. The van der Waals surface area contributed by atoms with Crippen LogP contribution in [0.4, 0.5) is 0 Å². The van der Waals surface area contributed by atoms with Crippen LogP contribution in [0.25, 0.3) is 0 Å². The van der Waals surface area contributed by atoms with Crippen LogP contribution in [-0.4, -0.2) is 278 Å². The Balaban J connectivity index is 1.19. The summed E-state index contributed by atoms with van der Waals surface area (Å²) in [6.45, 7) is 17.5. The standard InChI is InChI=1S/C101H152N8O31PS2/c1-65-91(104-68(4)110)98(138-82(61-130-71(7)113)94(65)134-74(10)116)127-58-32-21-15-18-27-39-86(119)102-52-35-56-108(89(122)41-29-20-17-23-34-60-129-100-93(106-70(6)112)67(3)96(136-76(12)118)84(140-100)63-132-73(9)115)54-30-31-55-109(57-36-53-103-87(120)40-28-19-16-22-33-59-128-99-92(105-69(5)111)66(2)95(135-75(11)117)83(139-99)62-131-72(8)114)97(124)85(137-90(123)51-50-88(121)107-143(141)142)64-133-101(77-37-25-24-26-38-77,78-42-46-80(125-13)47-43-78)79-44-48-81(126-14)49-45-79/h24-26,37-38,42-49,65-67,82-85,91-96,98-100,141H,15-23,27-36,39-41,50-64H2,1-14H3,(H,102,119)(H,103,120)(H,104,110)(H,105,111)(H,106,112)(H,107,121,142)/q-1/t65-,66-,67-,82?,83?,84?,85?,91?,92?,93?,94-,95-,96-,98-,99-,100-/m1/s1. The molecule has 3 fully saturated rings. The van der Waals surface area contributed by atoms with Gasteiger partial charge in [0.05, 0.1) is 45.4 Å². The van der Waals surface area contributed by atoms with Crippen LogP contribution in [-0.2, 0) is 164 Å². The van der Waals surface area contributed by atoms with E-state index >= 15 is 4.79 Å². The van der Waals surface area contributed by atoms with Gasteiger partial charge >= 0.3 is 41.8 Å². The van der Waals surface area contributed by atoms with E-state index in [1.807, 2.05) is 54.6 Å². The Labute approximate surface area is 848 Å². The largest absolute Gasteiger partial charge is 0.497 e. The lowest BCUT2D eigenvalue weighted by molar-refractivity contribution is -0.262. The second-order valence-corrected chi connectivity index (χ2v) is 39.9. The van der Waals surface area contributed by atoms with Crippen LogP contribution >= 0.6 is 8.02 Å². The van der Waals surface area contributed by atoms with Gasteiger partial charge in [0.15, 0.2) is 18.9 Å². The number of rotatable bonds is 66. The van der Waals surface area contributed by atoms with E-state index in [1.54, 1.807) is 69.1 Å². The van der Waals surface area contributed by atoms with Crippen molar-refractivity contribution in [1.29, 1.82) is 0 Å². The number of amides is 8. The van der Waals surface area contributed by atoms with Gasteiger partial charge in [-0.15, -0.1) is 0 Å². The van der Waals surface area contributed by atoms with Gasteiger partial charge in [0.2, 0.25) is 47.5 Å². The van der Waals surface area contributed by atoms with E-state index in [2.05, 4.69) is 39.3 Å². The number of methoxy groups -OCH3 is 2. The number of carbonyl (C=O) groups is 15. The first-order valence-corrected chi connectivity index (χ1v) is 53.0. The van der Waals surface area contributed by atoms with Crippen molar-refractivity contribution in [3.63, 3.8) is 0 Å². The lowest BCUT2D eigenvalue weighted by atomic mass is 9.80. The van der Waals surface area contributed by atoms with Gasteiger partial charge < -0.3 is 117 Å². The Morgan fingerprint density at radius 3 is 1.10 bits per heavy atom. The molecule has 3 aliphatic heterocycles. The van der Waals surface area contributed by atoms with Gasteiger partial charge in [-0.25, -0.2) is 11.2 Å². The summed E-state index contributed by atoms with van der Waals surface area (Å²) in [4.78, 5) is 197. The molecule has 3 aromatic rings. The van der Waals surface area contributed by atoms with Crippen molar-refractivity contribution in [3.05, 3.63) is 95.6 Å².